The van der Waals surface area contributed by atoms with Gasteiger partial charge in [0.1, 0.15) is 0 Å². The summed E-state index contributed by atoms with van der Waals surface area (Å²) in [5, 5.41) is 6.35. The number of anilines is 2. The van der Waals surface area contributed by atoms with Crippen LogP contribution in [-0.4, -0.2) is 13.5 Å². The van der Waals surface area contributed by atoms with E-state index < -0.39 is 11.7 Å². The van der Waals surface area contributed by atoms with E-state index in [0.29, 0.717) is 22.1 Å². The minimum Gasteiger partial charge on any atom is -0.388 e. The summed E-state index contributed by atoms with van der Waals surface area (Å²) in [7, 11) is 1.83. The van der Waals surface area contributed by atoms with Crippen LogP contribution < -0.4 is 10.6 Å². The highest BCUT2D eigenvalue weighted by Gasteiger charge is 2.29. The molecular weight excluding hydrogens is 352 g/mol. The molecule has 2 N–H and O–H groups in total. The van der Waals surface area contributed by atoms with Crippen molar-refractivity contribution in [2.24, 2.45) is 0 Å². The molecule has 8 heteroatoms. The number of alkyl halides is 3. The summed E-state index contributed by atoms with van der Waals surface area (Å²) in [6, 6.07) is 9.61. The quantitative estimate of drug-likeness (QED) is 0.724. The first-order valence-electron chi connectivity index (χ1n) is 6.28. The molecule has 0 unspecified atom stereocenters. The predicted molar refractivity (Wildman–Crippen MR) is 87.1 cm³/mol. The molecule has 0 radical (unpaired) electrons. The maximum absolute atomic E-state index is 12.0. The molecule has 0 saturated heterocycles. The minimum absolute atomic E-state index is 0.336. The number of carbonyl (C=O) groups is 1. The SMILES string of the molecule is CNc1ccc(Cl)c(Cl)c1.O=CNc1ccc(C(F)(F)F)cc1. The van der Waals surface area contributed by atoms with Crippen LogP contribution in [0.4, 0.5) is 24.5 Å². The Morgan fingerprint density at radius 2 is 1.52 bits per heavy atom. The van der Waals surface area contributed by atoms with Crippen LogP contribution in [0, 0.1) is 0 Å². The Bertz CT molecular complexity index is 646. The zero-order valence-corrected chi connectivity index (χ0v) is 13.4. The van der Waals surface area contributed by atoms with Gasteiger partial charge in [-0.25, -0.2) is 0 Å². The van der Waals surface area contributed by atoms with Gasteiger partial charge in [-0.05, 0) is 42.5 Å². The first-order chi connectivity index (χ1) is 10.8. The summed E-state index contributed by atoms with van der Waals surface area (Å²) < 4.78 is 36.0. The van der Waals surface area contributed by atoms with Gasteiger partial charge < -0.3 is 10.6 Å². The summed E-state index contributed by atoms with van der Waals surface area (Å²) in [4.78, 5) is 9.92. The Hall–Kier alpha value is -1.92. The van der Waals surface area contributed by atoms with Crippen molar-refractivity contribution >= 4 is 41.0 Å². The van der Waals surface area contributed by atoms with E-state index in [4.69, 9.17) is 23.2 Å². The van der Waals surface area contributed by atoms with Crippen LogP contribution in [0.3, 0.4) is 0 Å². The van der Waals surface area contributed by atoms with Crippen molar-refractivity contribution in [1.29, 1.82) is 0 Å². The molecule has 2 rings (SSSR count). The first kappa shape index (κ1) is 19.1. The fraction of sp³-hybridized carbons (Fsp3) is 0.133. The lowest BCUT2D eigenvalue weighted by Gasteiger charge is -2.06. The van der Waals surface area contributed by atoms with Gasteiger partial charge in [0.25, 0.3) is 0 Å². The molecule has 0 atom stereocenters. The molecule has 0 fully saturated rings. The number of amides is 1. The van der Waals surface area contributed by atoms with E-state index in [1.807, 2.05) is 13.1 Å². The fourth-order valence-electron chi connectivity index (χ4n) is 1.48. The van der Waals surface area contributed by atoms with Crippen LogP contribution in [0.1, 0.15) is 5.56 Å². The highest BCUT2D eigenvalue weighted by atomic mass is 35.5. The van der Waals surface area contributed by atoms with Crippen molar-refractivity contribution < 1.29 is 18.0 Å². The summed E-state index contributed by atoms with van der Waals surface area (Å²) >= 11 is 11.4. The third-order valence-corrected chi connectivity index (χ3v) is 3.39. The van der Waals surface area contributed by atoms with E-state index >= 15 is 0 Å². The lowest BCUT2D eigenvalue weighted by molar-refractivity contribution is -0.137. The summed E-state index contributed by atoms with van der Waals surface area (Å²) in [5.41, 5.74) is 0.571. The van der Waals surface area contributed by atoms with E-state index in [-0.39, 0.29) is 0 Å². The molecule has 0 aliphatic rings. The van der Waals surface area contributed by atoms with Crippen molar-refractivity contribution in [3.05, 3.63) is 58.1 Å². The lowest BCUT2D eigenvalue weighted by Crippen LogP contribution is -2.04. The molecule has 0 aliphatic carbocycles. The van der Waals surface area contributed by atoms with Gasteiger partial charge in [-0.15, -0.1) is 0 Å². The third-order valence-electron chi connectivity index (χ3n) is 2.65. The number of carbonyl (C=O) groups excluding carboxylic acids is 1. The maximum Gasteiger partial charge on any atom is 0.416 e. The van der Waals surface area contributed by atoms with E-state index in [2.05, 4.69) is 10.6 Å². The van der Waals surface area contributed by atoms with Gasteiger partial charge in [-0.3, -0.25) is 4.79 Å². The molecule has 124 valence electrons. The van der Waals surface area contributed by atoms with Crippen LogP contribution in [0.5, 0.6) is 0 Å². The Morgan fingerprint density at radius 3 is 1.96 bits per heavy atom. The maximum atomic E-state index is 12.0. The third kappa shape index (κ3) is 6.38. The number of nitrogens with one attached hydrogen (secondary N) is 2. The van der Waals surface area contributed by atoms with Crippen LogP contribution in [0.25, 0.3) is 0 Å². The lowest BCUT2D eigenvalue weighted by atomic mass is 10.2. The van der Waals surface area contributed by atoms with E-state index in [1.165, 1.54) is 12.1 Å². The number of halogens is 5. The summed E-state index contributed by atoms with van der Waals surface area (Å²) in [6.45, 7) is 0. The molecule has 0 saturated carbocycles. The monoisotopic (exact) mass is 364 g/mol. The number of rotatable bonds is 3. The molecule has 0 aromatic heterocycles. The van der Waals surface area contributed by atoms with Crippen LogP contribution in [0.2, 0.25) is 10.0 Å². The van der Waals surface area contributed by atoms with Gasteiger partial charge in [0.05, 0.1) is 15.6 Å². The average Bonchev–Trinajstić information content (AvgIpc) is 2.51. The van der Waals surface area contributed by atoms with E-state index in [1.54, 1.807) is 12.1 Å². The van der Waals surface area contributed by atoms with E-state index in [9.17, 15) is 18.0 Å². The van der Waals surface area contributed by atoms with Crippen LogP contribution >= 0.6 is 23.2 Å². The largest absolute Gasteiger partial charge is 0.416 e. The Kier molecular flexibility index (Phi) is 7.19. The molecule has 3 nitrogen and oxygen atoms in total. The summed E-state index contributed by atoms with van der Waals surface area (Å²) in [5.74, 6) is 0. The Labute approximate surface area is 141 Å². The molecule has 0 aliphatic heterocycles. The Balaban J connectivity index is 0.000000238. The molecule has 0 spiro atoms. The molecule has 2 aromatic rings. The van der Waals surface area contributed by atoms with Crippen molar-refractivity contribution in [2.45, 2.75) is 6.18 Å². The van der Waals surface area contributed by atoms with Crippen molar-refractivity contribution in [1.82, 2.24) is 0 Å². The second-order valence-electron chi connectivity index (χ2n) is 4.22. The fourth-order valence-corrected chi connectivity index (χ4v) is 1.77. The number of benzene rings is 2. The van der Waals surface area contributed by atoms with Crippen LogP contribution in [0.15, 0.2) is 42.5 Å². The molecule has 0 bridgehead atoms. The molecular formula is C15H13Cl2F3N2O. The Morgan fingerprint density at radius 1 is 0.957 bits per heavy atom. The van der Waals surface area contributed by atoms with Crippen molar-refractivity contribution in [3.8, 4) is 0 Å². The van der Waals surface area contributed by atoms with E-state index in [0.717, 1.165) is 17.8 Å². The second kappa shape index (κ2) is 8.64. The van der Waals surface area contributed by atoms with Gasteiger partial charge in [0, 0.05) is 18.4 Å². The van der Waals surface area contributed by atoms with Gasteiger partial charge in [-0.1, -0.05) is 23.2 Å². The highest BCUT2D eigenvalue weighted by Crippen LogP contribution is 2.29. The number of hydrogen-bond donors (Lipinski definition) is 2. The number of hydrogen-bond acceptors (Lipinski definition) is 2. The van der Waals surface area contributed by atoms with Crippen molar-refractivity contribution in [2.75, 3.05) is 17.7 Å². The van der Waals surface area contributed by atoms with Gasteiger partial charge in [0.15, 0.2) is 0 Å². The van der Waals surface area contributed by atoms with Gasteiger partial charge in [-0.2, -0.15) is 13.2 Å². The average molecular weight is 365 g/mol. The highest BCUT2D eigenvalue weighted by molar-refractivity contribution is 6.42. The topological polar surface area (TPSA) is 41.1 Å². The second-order valence-corrected chi connectivity index (χ2v) is 5.03. The molecule has 0 heterocycles. The molecule has 1 amide bonds. The van der Waals surface area contributed by atoms with Gasteiger partial charge in [0.2, 0.25) is 6.41 Å². The first-order valence-corrected chi connectivity index (χ1v) is 7.03. The molecule has 23 heavy (non-hydrogen) atoms. The summed E-state index contributed by atoms with van der Waals surface area (Å²) in [6.07, 6.45) is -3.93. The standard InChI is InChI=1S/C8H6F3NO.C7H7Cl2N/c9-8(10,11)6-1-3-7(4-2-6)12-5-13;1-10-5-2-3-6(8)7(9)4-5/h1-5H,(H,12,13);2-4,10H,1H3. The smallest absolute Gasteiger partial charge is 0.388 e. The van der Waals surface area contributed by atoms with Crippen molar-refractivity contribution in [3.63, 3.8) is 0 Å². The predicted octanol–water partition coefficient (Wildman–Crippen LogP) is 5.31. The zero-order chi connectivity index (χ0) is 17.5. The normalized spacial score (nSPS) is 10.3. The molecule has 2 aromatic carbocycles. The van der Waals surface area contributed by atoms with Crippen LogP contribution in [-0.2, 0) is 11.0 Å². The van der Waals surface area contributed by atoms with Gasteiger partial charge >= 0.3 is 6.18 Å². The minimum atomic E-state index is -4.33. The zero-order valence-electron chi connectivity index (χ0n) is 11.9.